The summed E-state index contributed by atoms with van der Waals surface area (Å²) in [6.45, 7) is 4.97. The van der Waals surface area contributed by atoms with Crippen LogP contribution < -0.4 is 5.32 Å². The highest BCUT2D eigenvalue weighted by atomic mass is 32.1. The van der Waals surface area contributed by atoms with Gasteiger partial charge in [-0.2, -0.15) is 0 Å². The smallest absolute Gasteiger partial charge is 0.0797 e. The highest BCUT2D eigenvalue weighted by Crippen LogP contribution is 2.13. The van der Waals surface area contributed by atoms with E-state index in [1.54, 1.807) is 11.3 Å². The fraction of sp³-hybridized carbons (Fsp3) is 0.769. The van der Waals surface area contributed by atoms with Crippen molar-refractivity contribution in [3.05, 3.63) is 16.1 Å². The lowest BCUT2D eigenvalue weighted by Crippen LogP contribution is -2.34. The van der Waals surface area contributed by atoms with Crippen molar-refractivity contribution in [1.29, 1.82) is 0 Å². The van der Waals surface area contributed by atoms with Gasteiger partial charge in [0.1, 0.15) is 0 Å². The first-order chi connectivity index (χ1) is 8.36. The molecule has 0 radical (unpaired) electrons. The minimum absolute atomic E-state index is 0.689. The van der Waals surface area contributed by atoms with Crippen LogP contribution in [-0.2, 0) is 11.2 Å². The lowest BCUT2D eigenvalue weighted by atomic mass is 10.0. The number of thiazole rings is 1. The number of nitrogens with one attached hydrogen (secondary N) is 1. The van der Waals surface area contributed by atoms with Crippen LogP contribution in [0, 0.1) is 6.92 Å². The van der Waals surface area contributed by atoms with Crippen LogP contribution in [0.1, 0.15) is 36.3 Å². The van der Waals surface area contributed by atoms with Crippen molar-refractivity contribution < 1.29 is 4.74 Å². The number of aryl methyl sites for hydroxylation is 1. The van der Waals surface area contributed by atoms with E-state index < -0.39 is 0 Å². The van der Waals surface area contributed by atoms with Crippen LogP contribution in [-0.4, -0.2) is 30.8 Å². The van der Waals surface area contributed by atoms with Gasteiger partial charge in [-0.25, -0.2) is 4.98 Å². The molecule has 1 N–H and O–H groups in total. The van der Waals surface area contributed by atoms with E-state index in [4.69, 9.17) is 4.74 Å². The summed E-state index contributed by atoms with van der Waals surface area (Å²) in [4.78, 5) is 5.60. The van der Waals surface area contributed by atoms with Gasteiger partial charge in [0.2, 0.25) is 0 Å². The van der Waals surface area contributed by atoms with Crippen molar-refractivity contribution in [3.63, 3.8) is 0 Å². The highest BCUT2D eigenvalue weighted by molar-refractivity contribution is 7.09. The second-order valence-electron chi connectivity index (χ2n) is 4.66. The normalized spacial score (nSPS) is 20.6. The Morgan fingerprint density at radius 3 is 3.12 bits per heavy atom. The molecule has 1 unspecified atom stereocenters. The molecule has 0 aromatic carbocycles. The summed E-state index contributed by atoms with van der Waals surface area (Å²) in [5, 5.41) is 3.54. The topological polar surface area (TPSA) is 34.1 Å². The summed E-state index contributed by atoms with van der Waals surface area (Å²) < 4.78 is 5.70. The van der Waals surface area contributed by atoms with Gasteiger partial charge >= 0.3 is 0 Å². The van der Waals surface area contributed by atoms with Gasteiger partial charge in [-0.1, -0.05) is 6.42 Å². The van der Waals surface area contributed by atoms with Gasteiger partial charge in [0.25, 0.3) is 0 Å². The largest absolute Gasteiger partial charge is 0.381 e. The second-order valence-corrected chi connectivity index (χ2v) is 5.60. The van der Waals surface area contributed by atoms with Crippen molar-refractivity contribution in [2.45, 2.75) is 45.1 Å². The predicted molar refractivity (Wildman–Crippen MR) is 71.6 cm³/mol. The summed E-state index contributed by atoms with van der Waals surface area (Å²) in [5.41, 5.74) is 3.07. The molecule has 0 bridgehead atoms. The summed E-state index contributed by atoms with van der Waals surface area (Å²) >= 11 is 1.73. The summed E-state index contributed by atoms with van der Waals surface area (Å²) in [7, 11) is 0. The number of piperidine rings is 1. The molecule has 1 saturated heterocycles. The Morgan fingerprint density at radius 2 is 2.41 bits per heavy atom. The molecule has 2 rings (SSSR count). The lowest BCUT2D eigenvalue weighted by Gasteiger charge is -2.23. The van der Waals surface area contributed by atoms with Crippen LogP contribution in [0.2, 0.25) is 0 Å². The number of aromatic nitrogens is 1. The SMILES string of the molecule is Cc1ncsc1CCOCCC1CCCCN1. The van der Waals surface area contributed by atoms with Crippen LogP contribution in [0.5, 0.6) is 0 Å². The first-order valence-corrected chi connectivity index (χ1v) is 7.44. The second kappa shape index (κ2) is 7.09. The molecule has 0 aliphatic carbocycles. The van der Waals surface area contributed by atoms with E-state index in [9.17, 15) is 0 Å². The average molecular weight is 254 g/mol. The Hall–Kier alpha value is -0.450. The number of hydrogen-bond acceptors (Lipinski definition) is 4. The summed E-state index contributed by atoms with van der Waals surface area (Å²) in [5.74, 6) is 0. The Morgan fingerprint density at radius 1 is 1.47 bits per heavy atom. The van der Waals surface area contributed by atoms with Gasteiger partial charge in [0.05, 0.1) is 17.8 Å². The quantitative estimate of drug-likeness (QED) is 0.792. The summed E-state index contributed by atoms with van der Waals surface area (Å²) in [6, 6.07) is 0.689. The Labute approximate surface area is 108 Å². The molecule has 4 heteroatoms. The van der Waals surface area contributed by atoms with Gasteiger partial charge in [-0.05, 0) is 32.7 Å². The van der Waals surface area contributed by atoms with Crippen LogP contribution in [0.4, 0.5) is 0 Å². The van der Waals surface area contributed by atoms with Crippen molar-refractivity contribution in [2.24, 2.45) is 0 Å². The van der Waals surface area contributed by atoms with E-state index in [-0.39, 0.29) is 0 Å². The van der Waals surface area contributed by atoms with Gasteiger partial charge in [0, 0.05) is 23.9 Å². The molecule has 17 heavy (non-hydrogen) atoms. The minimum Gasteiger partial charge on any atom is -0.381 e. The van der Waals surface area contributed by atoms with E-state index in [0.717, 1.165) is 31.7 Å². The molecule has 2 heterocycles. The van der Waals surface area contributed by atoms with Crippen LogP contribution in [0.15, 0.2) is 5.51 Å². The molecule has 1 aromatic heterocycles. The maximum absolute atomic E-state index is 5.70. The fourth-order valence-corrected chi connectivity index (χ4v) is 2.99. The summed E-state index contributed by atoms with van der Waals surface area (Å²) in [6.07, 6.45) is 6.19. The molecule has 1 aliphatic heterocycles. The molecular formula is C13H22N2OS. The van der Waals surface area contributed by atoms with E-state index >= 15 is 0 Å². The van der Waals surface area contributed by atoms with Gasteiger partial charge < -0.3 is 10.1 Å². The zero-order chi connectivity index (χ0) is 11.9. The van der Waals surface area contributed by atoms with Gasteiger partial charge in [0.15, 0.2) is 0 Å². The van der Waals surface area contributed by atoms with Crippen molar-refractivity contribution in [1.82, 2.24) is 10.3 Å². The molecule has 0 saturated carbocycles. The van der Waals surface area contributed by atoms with Crippen LogP contribution >= 0.6 is 11.3 Å². The molecule has 3 nitrogen and oxygen atoms in total. The number of nitrogens with zero attached hydrogens (tertiary/aromatic N) is 1. The Kier molecular flexibility index (Phi) is 5.42. The number of hydrogen-bond donors (Lipinski definition) is 1. The van der Waals surface area contributed by atoms with E-state index in [2.05, 4.69) is 17.2 Å². The Balaban J connectivity index is 1.53. The van der Waals surface area contributed by atoms with Crippen molar-refractivity contribution in [2.75, 3.05) is 19.8 Å². The van der Waals surface area contributed by atoms with Crippen LogP contribution in [0.3, 0.4) is 0 Å². The van der Waals surface area contributed by atoms with Crippen molar-refractivity contribution >= 4 is 11.3 Å². The predicted octanol–water partition coefficient (Wildman–Crippen LogP) is 2.54. The first-order valence-electron chi connectivity index (χ1n) is 6.56. The fourth-order valence-electron chi connectivity index (χ4n) is 2.23. The zero-order valence-corrected chi connectivity index (χ0v) is 11.4. The first kappa shape index (κ1) is 13.0. The lowest BCUT2D eigenvalue weighted by molar-refractivity contribution is 0.124. The Bertz CT molecular complexity index is 321. The minimum atomic E-state index is 0.689. The van der Waals surface area contributed by atoms with E-state index in [0.29, 0.717) is 6.04 Å². The molecular weight excluding hydrogens is 232 g/mol. The van der Waals surface area contributed by atoms with E-state index in [1.807, 2.05) is 5.51 Å². The molecule has 1 fully saturated rings. The standard InChI is InChI=1S/C13H22N2OS/c1-11-13(17-10-15-11)6-9-16-8-5-12-4-2-3-7-14-12/h10,12,14H,2-9H2,1H3. The van der Waals surface area contributed by atoms with Gasteiger partial charge in [-0.15, -0.1) is 11.3 Å². The molecule has 0 spiro atoms. The zero-order valence-electron chi connectivity index (χ0n) is 10.6. The molecule has 1 aromatic rings. The van der Waals surface area contributed by atoms with E-state index in [1.165, 1.54) is 30.7 Å². The van der Waals surface area contributed by atoms with Gasteiger partial charge in [-0.3, -0.25) is 0 Å². The molecule has 1 atom stereocenters. The maximum Gasteiger partial charge on any atom is 0.0797 e. The van der Waals surface area contributed by atoms with Crippen LogP contribution in [0.25, 0.3) is 0 Å². The third-order valence-electron chi connectivity index (χ3n) is 3.34. The molecule has 0 amide bonds. The molecule has 1 aliphatic rings. The maximum atomic E-state index is 5.70. The number of ether oxygens (including phenoxy) is 1. The average Bonchev–Trinajstić information content (AvgIpc) is 2.76. The third-order valence-corrected chi connectivity index (χ3v) is 4.34. The molecule has 96 valence electrons. The van der Waals surface area contributed by atoms with Crippen molar-refractivity contribution in [3.8, 4) is 0 Å². The monoisotopic (exact) mass is 254 g/mol. The highest BCUT2D eigenvalue weighted by Gasteiger charge is 2.11. The third kappa shape index (κ3) is 4.37. The number of rotatable bonds is 6.